The van der Waals surface area contributed by atoms with Crippen LogP contribution in [0.3, 0.4) is 0 Å². The van der Waals surface area contributed by atoms with E-state index >= 15 is 0 Å². The van der Waals surface area contributed by atoms with E-state index < -0.39 is 5.97 Å². The summed E-state index contributed by atoms with van der Waals surface area (Å²) < 4.78 is 37.0. The van der Waals surface area contributed by atoms with Crippen LogP contribution in [0.15, 0.2) is 71.5 Å². The summed E-state index contributed by atoms with van der Waals surface area (Å²) in [7, 11) is 0. The molecule has 1 aromatic heterocycles. The zero-order valence-electron chi connectivity index (χ0n) is 22.1. The molecule has 0 radical (unpaired) electrons. The van der Waals surface area contributed by atoms with Crippen molar-refractivity contribution in [2.75, 3.05) is 26.3 Å². The number of hydrogen-bond acceptors (Lipinski definition) is 6. The van der Waals surface area contributed by atoms with Gasteiger partial charge in [-0.05, 0) is 102 Å². The molecule has 40 heavy (non-hydrogen) atoms. The molecule has 2 heterocycles. The second-order valence-corrected chi connectivity index (χ2v) is 10.4. The number of likely N-dealkylation sites (tertiary alicyclic amines) is 1. The van der Waals surface area contributed by atoms with Gasteiger partial charge in [-0.3, -0.25) is 9.29 Å². The first-order chi connectivity index (χ1) is 19.6. The van der Waals surface area contributed by atoms with E-state index in [1.807, 2.05) is 30.3 Å². The molecule has 1 fully saturated rings. The van der Waals surface area contributed by atoms with Crippen LogP contribution < -0.4 is 4.74 Å². The van der Waals surface area contributed by atoms with E-state index in [4.69, 9.17) is 9.15 Å². The molecule has 1 saturated heterocycles. The van der Waals surface area contributed by atoms with Crippen LogP contribution in [0.25, 0.3) is 22.2 Å². The van der Waals surface area contributed by atoms with Crippen LogP contribution in [0.2, 0.25) is 0 Å². The number of rotatable bonds is 8. The van der Waals surface area contributed by atoms with Gasteiger partial charge < -0.3 is 9.15 Å². The smallest absolute Gasteiger partial charge is 0.379 e. The van der Waals surface area contributed by atoms with Crippen LogP contribution in [0.1, 0.15) is 58.3 Å². The minimum atomic E-state index is -0.994. The molecular formula is C32H30F2N2O4. The average Bonchev–Trinajstić information content (AvgIpc) is 3.60. The second-order valence-electron chi connectivity index (χ2n) is 10.4. The fourth-order valence-electron chi connectivity index (χ4n) is 5.90. The lowest BCUT2D eigenvalue weighted by Gasteiger charge is -2.19. The zero-order chi connectivity index (χ0) is 27.5. The van der Waals surface area contributed by atoms with Crippen molar-refractivity contribution < 1.29 is 27.8 Å². The third-order valence-corrected chi connectivity index (χ3v) is 7.82. The van der Waals surface area contributed by atoms with E-state index in [9.17, 15) is 13.7 Å². The number of nitrogens with zero attached hydrogens (tertiary/aromatic N) is 2. The molecule has 6 nitrogen and oxygen atoms in total. The van der Waals surface area contributed by atoms with Gasteiger partial charge in [0.05, 0.1) is 12.2 Å². The molecule has 6 rings (SSSR count). The molecular weight excluding hydrogens is 514 g/mol. The molecule has 2 aliphatic rings. The average molecular weight is 545 g/mol. The lowest BCUT2D eigenvalue weighted by atomic mass is 9.87. The topological polar surface area (TPSA) is 64.8 Å². The van der Waals surface area contributed by atoms with E-state index in [1.165, 1.54) is 6.39 Å². The Kier molecular flexibility index (Phi) is 7.60. The quantitative estimate of drug-likeness (QED) is 0.239. The van der Waals surface area contributed by atoms with Gasteiger partial charge in [0.25, 0.3) is 0 Å². The van der Waals surface area contributed by atoms with E-state index in [-0.39, 0.29) is 18.3 Å². The predicted molar refractivity (Wildman–Crippen MR) is 148 cm³/mol. The summed E-state index contributed by atoms with van der Waals surface area (Å²) in [4.78, 5) is 22.0. The van der Waals surface area contributed by atoms with E-state index in [0.717, 1.165) is 95.6 Å². The van der Waals surface area contributed by atoms with E-state index in [0.29, 0.717) is 6.42 Å². The Morgan fingerprint density at radius 1 is 1.05 bits per heavy atom. The van der Waals surface area contributed by atoms with Gasteiger partial charge in [0.1, 0.15) is 17.4 Å². The number of oxazole rings is 1. The predicted octanol–water partition coefficient (Wildman–Crippen LogP) is 6.98. The van der Waals surface area contributed by atoms with Crippen LogP contribution in [0, 0.1) is 0 Å². The number of carbonyl (C=O) groups excluding carboxylic acids is 1. The van der Waals surface area contributed by atoms with Gasteiger partial charge in [-0.2, -0.15) is 0 Å². The molecule has 3 aromatic carbocycles. The lowest BCUT2D eigenvalue weighted by molar-refractivity contribution is -0.0788. The Morgan fingerprint density at radius 3 is 2.73 bits per heavy atom. The number of benzene rings is 3. The summed E-state index contributed by atoms with van der Waals surface area (Å²) in [6.07, 6.45) is 5.42. The number of hydrogen-bond donors (Lipinski definition) is 0. The lowest BCUT2D eigenvalue weighted by Crippen LogP contribution is -2.26. The first-order valence-electron chi connectivity index (χ1n) is 13.7. The van der Waals surface area contributed by atoms with Crippen molar-refractivity contribution in [3.05, 3.63) is 94.9 Å². The molecule has 8 heteroatoms. The summed E-state index contributed by atoms with van der Waals surface area (Å²) in [6, 6.07) is 19.4. The number of aryl methyl sites for hydroxylation is 1. The standard InChI is InChI=1S/C32H30F2N2O4/c33-14-2-15-36-16-13-26(19-36)39-25-9-5-21(6-10-25)31-27(23-8-12-30-29(18-23)35-20-38-30)4-1-3-22-17-24(32(37)40-34)7-11-28(22)31/h5-12,17-18,20,26H,1-4,13-16,19H2/t26-/m0/s1. The number of alkyl halides is 1. The Bertz CT molecular complexity index is 1550. The number of halogens is 2. The van der Waals surface area contributed by atoms with Crippen molar-refractivity contribution in [2.45, 2.75) is 38.2 Å². The molecule has 0 unspecified atom stereocenters. The third kappa shape index (κ3) is 5.36. The largest absolute Gasteiger partial charge is 0.489 e. The van der Waals surface area contributed by atoms with Crippen molar-refractivity contribution in [3.63, 3.8) is 0 Å². The third-order valence-electron chi connectivity index (χ3n) is 7.82. The Hall–Kier alpha value is -4.04. The van der Waals surface area contributed by atoms with Gasteiger partial charge in [-0.1, -0.05) is 24.3 Å². The Balaban J connectivity index is 1.37. The van der Waals surface area contributed by atoms with Crippen LogP contribution >= 0.6 is 0 Å². The molecule has 1 aliphatic heterocycles. The van der Waals surface area contributed by atoms with Crippen molar-refractivity contribution in [1.82, 2.24) is 9.88 Å². The monoisotopic (exact) mass is 544 g/mol. The van der Waals surface area contributed by atoms with Crippen LogP contribution in [-0.2, 0) is 11.4 Å². The molecule has 4 aromatic rings. The fraction of sp³-hybridized carbons (Fsp3) is 0.312. The van der Waals surface area contributed by atoms with Gasteiger partial charge >= 0.3 is 5.97 Å². The number of ether oxygens (including phenoxy) is 1. The molecule has 0 amide bonds. The summed E-state index contributed by atoms with van der Waals surface area (Å²) in [5, 5.41) is 0. The van der Waals surface area contributed by atoms with Crippen LogP contribution in [-0.4, -0.2) is 48.3 Å². The first kappa shape index (κ1) is 26.2. The van der Waals surface area contributed by atoms with Crippen molar-refractivity contribution in [3.8, 4) is 5.75 Å². The number of carbonyl (C=O) groups is 1. The molecule has 1 atom stereocenters. The van der Waals surface area contributed by atoms with Crippen molar-refractivity contribution in [1.29, 1.82) is 0 Å². The molecule has 0 N–H and O–H groups in total. The molecule has 1 aliphatic carbocycles. The SMILES string of the molecule is O=C(OF)c1ccc2c(c1)CCCC(c1ccc3ocnc3c1)=C2c1ccc(O[C@H]2CCN(CCCF)C2)cc1. The summed E-state index contributed by atoms with van der Waals surface area (Å²) in [5.74, 6) is -0.201. The Labute approximate surface area is 231 Å². The van der Waals surface area contributed by atoms with E-state index in [1.54, 1.807) is 12.1 Å². The maximum absolute atomic E-state index is 12.7. The van der Waals surface area contributed by atoms with Gasteiger partial charge in [0.15, 0.2) is 12.0 Å². The first-order valence-corrected chi connectivity index (χ1v) is 13.7. The molecule has 0 bridgehead atoms. The summed E-state index contributed by atoms with van der Waals surface area (Å²) in [6.45, 7) is 2.19. The highest BCUT2D eigenvalue weighted by molar-refractivity contribution is 6.01. The number of fused-ring (bicyclic) bond motifs is 2. The normalized spacial score (nSPS) is 17.6. The highest BCUT2D eigenvalue weighted by Crippen LogP contribution is 2.41. The van der Waals surface area contributed by atoms with Gasteiger partial charge in [-0.15, -0.1) is 0 Å². The molecule has 0 saturated carbocycles. The highest BCUT2D eigenvalue weighted by Gasteiger charge is 2.25. The maximum atomic E-state index is 12.7. The summed E-state index contributed by atoms with van der Waals surface area (Å²) >= 11 is 0. The minimum Gasteiger partial charge on any atom is -0.489 e. The maximum Gasteiger partial charge on any atom is 0.379 e. The van der Waals surface area contributed by atoms with Crippen LogP contribution in [0.4, 0.5) is 8.92 Å². The number of aromatic nitrogens is 1. The van der Waals surface area contributed by atoms with Crippen LogP contribution in [0.5, 0.6) is 5.75 Å². The molecule has 206 valence electrons. The zero-order valence-corrected chi connectivity index (χ0v) is 22.1. The fourth-order valence-corrected chi connectivity index (χ4v) is 5.90. The molecule has 0 spiro atoms. The van der Waals surface area contributed by atoms with E-state index in [2.05, 4.69) is 33.0 Å². The number of allylic oxidation sites excluding steroid dienone is 1. The summed E-state index contributed by atoms with van der Waals surface area (Å²) in [5.41, 5.74) is 7.96. The second kappa shape index (κ2) is 11.6. The van der Waals surface area contributed by atoms with Crippen molar-refractivity contribution in [2.24, 2.45) is 0 Å². The van der Waals surface area contributed by atoms with Crippen molar-refractivity contribution >= 4 is 28.2 Å². The van der Waals surface area contributed by atoms with Gasteiger partial charge in [0, 0.05) is 24.2 Å². The van der Waals surface area contributed by atoms with Gasteiger partial charge in [-0.25, -0.2) is 14.7 Å². The van der Waals surface area contributed by atoms with Gasteiger partial charge in [0.2, 0.25) is 0 Å². The Morgan fingerprint density at radius 2 is 1.90 bits per heavy atom. The minimum absolute atomic E-state index is 0.0849. The highest BCUT2D eigenvalue weighted by atomic mass is 19.3.